The number of anilines is 1. The Morgan fingerprint density at radius 2 is 1.34 bits per heavy atom. The highest BCUT2D eigenvalue weighted by molar-refractivity contribution is 6.14. The van der Waals surface area contributed by atoms with E-state index in [0.29, 0.717) is 0 Å². The number of rotatable bonds is 4. The van der Waals surface area contributed by atoms with Crippen LogP contribution < -0.4 is 4.90 Å². The lowest BCUT2D eigenvalue weighted by Gasteiger charge is -2.16. The zero-order valence-corrected chi connectivity index (χ0v) is 15.0. The number of fused-ring (bicyclic) bond motifs is 3. The molecule has 142 valence electrons. The lowest BCUT2D eigenvalue weighted by Crippen LogP contribution is -2.17. The summed E-state index contributed by atoms with van der Waals surface area (Å²) in [5.41, 5.74) is 4.55. The average Bonchev–Trinajstić information content (AvgIpc) is 3.49. The third-order valence-corrected chi connectivity index (χ3v) is 5.31. The maximum Gasteiger partial charge on any atom is 0.269 e. The minimum Gasteiger partial charge on any atom is -0.349 e. The third-order valence-electron chi connectivity index (χ3n) is 5.31. The molecule has 0 aromatic heterocycles. The van der Waals surface area contributed by atoms with Crippen LogP contribution in [-0.4, -0.2) is 21.6 Å². The summed E-state index contributed by atoms with van der Waals surface area (Å²) < 4.78 is 0. The Morgan fingerprint density at radius 1 is 0.759 bits per heavy atom. The van der Waals surface area contributed by atoms with Crippen LogP contribution in [0.15, 0.2) is 77.8 Å². The normalized spacial score (nSPS) is 19.0. The predicted molar refractivity (Wildman–Crippen MR) is 108 cm³/mol. The van der Waals surface area contributed by atoms with E-state index in [9.17, 15) is 20.2 Å². The highest BCUT2D eigenvalue weighted by Crippen LogP contribution is 2.54. The van der Waals surface area contributed by atoms with E-state index >= 15 is 0 Å². The van der Waals surface area contributed by atoms with E-state index in [1.165, 1.54) is 24.3 Å². The van der Waals surface area contributed by atoms with Crippen molar-refractivity contribution in [1.29, 1.82) is 0 Å². The molecule has 0 N–H and O–H groups in total. The molecule has 3 aromatic rings. The first-order chi connectivity index (χ1) is 14.0. The lowest BCUT2D eigenvalue weighted by molar-refractivity contribution is -0.385. The van der Waals surface area contributed by atoms with Gasteiger partial charge in [0.1, 0.15) is 0 Å². The van der Waals surface area contributed by atoms with Crippen molar-refractivity contribution in [2.75, 3.05) is 4.90 Å². The maximum atomic E-state index is 11.0. The molecule has 2 heterocycles. The summed E-state index contributed by atoms with van der Waals surface area (Å²) in [4.78, 5) is 28.1. The molecule has 2 atom stereocenters. The molecule has 8 heteroatoms. The van der Waals surface area contributed by atoms with Crippen LogP contribution in [0.2, 0.25) is 0 Å². The van der Waals surface area contributed by atoms with Crippen LogP contribution in [0.4, 0.5) is 22.7 Å². The lowest BCUT2D eigenvalue weighted by atomic mass is 10.0. The molecule has 0 saturated carbocycles. The van der Waals surface area contributed by atoms with Gasteiger partial charge in [-0.05, 0) is 35.4 Å². The van der Waals surface area contributed by atoms with Crippen LogP contribution in [0.1, 0.15) is 17.2 Å². The van der Waals surface area contributed by atoms with Gasteiger partial charge in [0.25, 0.3) is 11.4 Å². The third kappa shape index (κ3) is 2.73. The Morgan fingerprint density at radius 3 is 1.97 bits per heavy atom. The van der Waals surface area contributed by atoms with Gasteiger partial charge in [-0.3, -0.25) is 20.2 Å². The van der Waals surface area contributed by atoms with Gasteiger partial charge in [0.2, 0.25) is 0 Å². The smallest absolute Gasteiger partial charge is 0.269 e. The average molecular weight is 386 g/mol. The molecule has 0 aliphatic carbocycles. The molecule has 29 heavy (non-hydrogen) atoms. The van der Waals surface area contributed by atoms with E-state index in [1.807, 2.05) is 24.3 Å². The molecule has 2 aliphatic rings. The number of nitro groups is 2. The van der Waals surface area contributed by atoms with Crippen molar-refractivity contribution < 1.29 is 9.85 Å². The molecule has 1 saturated heterocycles. The van der Waals surface area contributed by atoms with Gasteiger partial charge in [-0.1, -0.05) is 24.3 Å². The highest BCUT2D eigenvalue weighted by atomic mass is 16.6. The predicted octanol–water partition coefficient (Wildman–Crippen LogP) is 4.57. The molecule has 8 nitrogen and oxygen atoms in total. The summed E-state index contributed by atoms with van der Waals surface area (Å²) in [5, 5.41) is 21.9. The second-order valence-electron chi connectivity index (χ2n) is 6.94. The molecule has 5 rings (SSSR count). The van der Waals surface area contributed by atoms with Gasteiger partial charge in [0.05, 0.1) is 39.0 Å². The van der Waals surface area contributed by atoms with Crippen molar-refractivity contribution in [2.45, 2.75) is 12.1 Å². The van der Waals surface area contributed by atoms with Gasteiger partial charge in [0, 0.05) is 24.3 Å². The summed E-state index contributed by atoms with van der Waals surface area (Å²) in [5.74, 6) is 0. The second-order valence-corrected chi connectivity index (χ2v) is 6.94. The summed E-state index contributed by atoms with van der Waals surface area (Å²) in [6.45, 7) is 0. The number of aliphatic imine (C=N–C) groups is 1. The van der Waals surface area contributed by atoms with E-state index in [-0.39, 0.29) is 23.5 Å². The van der Waals surface area contributed by atoms with E-state index in [2.05, 4.69) is 4.90 Å². The molecule has 0 radical (unpaired) electrons. The first-order valence-corrected chi connectivity index (χ1v) is 9.00. The minimum atomic E-state index is -0.426. The zero-order valence-electron chi connectivity index (χ0n) is 15.0. The van der Waals surface area contributed by atoms with Crippen LogP contribution in [0, 0.1) is 20.2 Å². The SMILES string of the molecule is O=[N+]([O-])c1ccc(C2=Nc3ccccc3N3[C@H]2[C@H]3c2ccc([N+](=O)[O-])cc2)cc1. The van der Waals surface area contributed by atoms with E-state index in [1.54, 1.807) is 24.3 Å². The van der Waals surface area contributed by atoms with Crippen LogP contribution in [0.5, 0.6) is 0 Å². The number of nitro benzene ring substituents is 2. The fraction of sp³-hybridized carbons (Fsp3) is 0.0952. The number of hydrogen-bond donors (Lipinski definition) is 0. The Kier molecular flexibility index (Phi) is 3.67. The minimum absolute atomic E-state index is 0.00777. The monoisotopic (exact) mass is 386 g/mol. The number of benzene rings is 3. The highest BCUT2D eigenvalue weighted by Gasteiger charge is 2.54. The van der Waals surface area contributed by atoms with E-state index in [0.717, 1.165) is 28.2 Å². The van der Waals surface area contributed by atoms with Crippen LogP contribution in [0.3, 0.4) is 0 Å². The van der Waals surface area contributed by atoms with Crippen molar-refractivity contribution in [3.05, 3.63) is 104 Å². The Bertz CT molecular complexity index is 1170. The summed E-state index contributed by atoms with van der Waals surface area (Å²) in [6.07, 6.45) is 0. The summed E-state index contributed by atoms with van der Waals surface area (Å²) in [7, 11) is 0. The first-order valence-electron chi connectivity index (χ1n) is 9.00. The van der Waals surface area contributed by atoms with Crippen molar-refractivity contribution in [3.63, 3.8) is 0 Å². The number of nitrogens with zero attached hydrogens (tertiary/aromatic N) is 4. The quantitative estimate of drug-likeness (QED) is 0.371. The zero-order chi connectivity index (χ0) is 20.1. The Labute approximate surface area is 165 Å². The Hall–Kier alpha value is -4.07. The number of hydrogen-bond acceptors (Lipinski definition) is 6. The van der Waals surface area contributed by atoms with Gasteiger partial charge in [-0.2, -0.15) is 0 Å². The fourth-order valence-electron chi connectivity index (χ4n) is 3.91. The van der Waals surface area contributed by atoms with Crippen molar-refractivity contribution in [2.24, 2.45) is 4.99 Å². The largest absolute Gasteiger partial charge is 0.349 e. The molecule has 1 fully saturated rings. The molecule has 0 amide bonds. The molecular formula is C21H14N4O4. The molecule has 0 unspecified atom stereocenters. The summed E-state index contributed by atoms with van der Waals surface area (Å²) >= 11 is 0. The van der Waals surface area contributed by atoms with Crippen LogP contribution in [-0.2, 0) is 0 Å². The van der Waals surface area contributed by atoms with E-state index in [4.69, 9.17) is 4.99 Å². The van der Waals surface area contributed by atoms with Gasteiger partial charge >= 0.3 is 0 Å². The molecule has 0 bridgehead atoms. The number of para-hydroxylation sites is 2. The topological polar surface area (TPSA) is 102 Å². The standard InChI is InChI=1S/C21H14N4O4/c26-24(27)15-9-5-13(6-10-15)19-21-20(14-7-11-16(12-8-14)25(28)29)23(21)18-4-2-1-3-17(18)22-19/h1-12,20-21H/t20-,21-,23?/m1/s1. The number of non-ortho nitro benzene ring substituents is 2. The van der Waals surface area contributed by atoms with Crippen LogP contribution >= 0.6 is 0 Å². The first kappa shape index (κ1) is 17.1. The van der Waals surface area contributed by atoms with Gasteiger partial charge < -0.3 is 4.90 Å². The molecule has 0 spiro atoms. The fourth-order valence-corrected chi connectivity index (χ4v) is 3.91. The maximum absolute atomic E-state index is 11.0. The molecule has 2 aliphatic heterocycles. The van der Waals surface area contributed by atoms with Crippen molar-refractivity contribution in [3.8, 4) is 0 Å². The van der Waals surface area contributed by atoms with Crippen molar-refractivity contribution >= 4 is 28.5 Å². The molecular weight excluding hydrogens is 372 g/mol. The summed E-state index contributed by atoms with van der Waals surface area (Å²) in [6, 6.07) is 20.8. The van der Waals surface area contributed by atoms with E-state index < -0.39 is 9.85 Å². The van der Waals surface area contributed by atoms with Gasteiger partial charge in [0.15, 0.2) is 0 Å². The van der Waals surface area contributed by atoms with Gasteiger partial charge in [-0.25, -0.2) is 4.99 Å². The van der Waals surface area contributed by atoms with Crippen molar-refractivity contribution in [1.82, 2.24) is 0 Å². The van der Waals surface area contributed by atoms with Gasteiger partial charge in [-0.15, -0.1) is 0 Å². The Balaban J connectivity index is 1.56. The molecule has 3 aromatic carbocycles. The second kappa shape index (κ2) is 6.23. The van der Waals surface area contributed by atoms with Crippen LogP contribution in [0.25, 0.3) is 0 Å².